The molecule has 0 heterocycles. The van der Waals surface area contributed by atoms with Crippen molar-refractivity contribution in [1.82, 2.24) is 5.32 Å². The fourth-order valence-corrected chi connectivity index (χ4v) is 1.38. The van der Waals surface area contributed by atoms with Crippen LogP contribution in [0, 0.1) is 0 Å². The Balaban J connectivity index is 2.49. The van der Waals surface area contributed by atoms with Gasteiger partial charge in [-0.25, -0.2) is 0 Å². The number of carbonyl (C=O) groups excluding carboxylic acids is 1. The topological polar surface area (TPSA) is 68.8 Å². The second-order valence-electron chi connectivity index (χ2n) is 3.77. The van der Waals surface area contributed by atoms with Gasteiger partial charge in [0.15, 0.2) is 12.9 Å². The molecule has 106 valence electrons. The van der Waals surface area contributed by atoms with Crippen LogP contribution in [0.4, 0.5) is 5.69 Å². The summed E-state index contributed by atoms with van der Waals surface area (Å²) in [4.78, 5) is 11.1. The van der Waals surface area contributed by atoms with Crippen molar-refractivity contribution in [3.63, 3.8) is 0 Å². The summed E-state index contributed by atoms with van der Waals surface area (Å²) < 4.78 is 15.5. The lowest BCUT2D eigenvalue weighted by Gasteiger charge is -2.15. The van der Waals surface area contributed by atoms with Gasteiger partial charge in [0, 0.05) is 33.0 Å². The average molecular weight is 268 g/mol. The fourth-order valence-electron chi connectivity index (χ4n) is 1.38. The molecule has 2 N–H and O–H groups in total. The number of hydrogen-bond acceptors (Lipinski definition) is 5. The quantitative estimate of drug-likeness (QED) is 0.684. The molecule has 0 aliphatic heterocycles. The molecule has 0 aromatic heterocycles. The van der Waals surface area contributed by atoms with Crippen molar-refractivity contribution >= 4 is 11.6 Å². The first-order valence-corrected chi connectivity index (χ1v) is 5.92. The molecular weight excluding hydrogens is 248 g/mol. The highest BCUT2D eigenvalue weighted by molar-refractivity contribution is 5.77. The van der Waals surface area contributed by atoms with E-state index < -0.39 is 0 Å². The highest BCUT2D eigenvalue weighted by atomic mass is 16.7. The van der Waals surface area contributed by atoms with Crippen LogP contribution in [0.1, 0.15) is 0 Å². The van der Waals surface area contributed by atoms with Gasteiger partial charge in [0.2, 0.25) is 0 Å². The molecule has 0 bridgehead atoms. The summed E-state index contributed by atoms with van der Waals surface area (Å²) in [6.45, 7) is 0.518. The lowest BCUT2D eigenvalue weighted by atomic mass is 10.3. The van der Waals surface area contributed by atoms with E-state index in [1.54, 1.807) is 27.3 Å². The SMILES string of the molecule is CNC(=O)COc1cccc(NCC(OC)OC)c1. The van der Waals surface area contributed by atoms with Gasteiger partial charge in [0.1, 0.15) is 5.75 Å². The van der Waals surface area contributed by atoms with E-state index in [9.17, 15) is 4.79 Å². The number of likely N-dealkylation sites (N-methyl/N-ethyl adjacent to an activating group) is 1. The van der Waals surface area contributed by atoms with Gasteiger partial charge in [-0.1, -0.05) is 6.07 Å². The van der Waals surface area contributed by atoms with Gasteiger partial charge in [0.25, 0.3) is 5.91 Å². The first-order valence-electron chi connectivity index (χ1n) is 5.92. The summed E-state index contributed by atoms with van der Waals surface area (Å²) in [7, 11) is 4.73. The highest BCUT2D eigenvalue weighted by Gasteiger charge is 2.05. The third-order valence-electron chi connectivity index (χ3n) is 2.48. The first-order chi connectivity index (χ1) is 9.19. The van der Waals surface area contributed by atoms with Gasteiger partial charge in [-0.05, 0) is 12.1 Å². The smallest absolute Gasteiger partial charge is 0.257 e. The number of methoxy groups -OCH3 is 2. The van der Waals surface area contributed by atoms with Crippen LogP contribution in [0.2, 0.25) is 0 Å². The van der Waals surface area contributed by atoms with Crippen LogP contribution < -0.4 is 15.4 Å². The first kappa shape index (κ1) is 15.3. The second kappa shape index (κ2) is 8.34. The number of hydrogen-bond donors (Lipinski definition) is 2. The molecule has 0 aliphatic carbocycles. The molecule has 0 saturated carbocycles. The minimum absolute atomic E-state index is 0.00127. The van der Waals surface area contributed by atoms with Crippen molar-refractivity contribution in [2.24, 2.45) is 0 Å². The van der Waals surface area contributed by atoms with Crippen LogP contribution in [0.5, 0.6) is 5.75 Å². The lowest BCUT2D eigenvalue weighted by molar-refractivity contribution is -0.122. The molecule has 6 heteroatoms. The molecule has 0 unspecified atom stereocenters. The molecule has 19 heavy (non-hydrogen) atoms. The largest absolute Gasteiger partial charge is 0.484 e. The summed E-state index contributed by atoms with van der Waals surface area (Å²) in [5.41, 5.74) is 0.869. The third kappa shape index (κ3) is 5.58. The van der Waals surface area contributed by atoms with Crippen molar-refractivity contribution < 1.29 is 19.0 Å². The monoisotopic (exact) mass is 268 g/mol. The van der Waals surface area contributed by atoms with Crippen LogP contribution in [0.15, 0.2) is 24.3 Å². The third-order valence-corrected chi connectivity index (χ3v) is 2.48. The zero-order valence-electron chi connectivity index (χ0n) is 11.4. The van der Waals surface area contributed by atoms with E-state index >= 15 is 0 Å². The number of amides is 1. The molecule has 0 spiro atoms. The average Bonchev–Trinajstić information content (AvgIpc) is 2.46. The molecule has 0 atom stereocenters. The molecule has 0 aliphatic rings. The molecule has 0 saturated heterocycles. The van der Waals surface area contributed by atoms with E-state index in [0.29, 0.717) is 12.3 Å². The van der Waals surface area contributed by atoms with E-state index in [-0.39, 0.29) is 18.8 Å². The van der Waals surface area contributed by atoms with Gasteiger partial charge >= 0.3 is 0 Å². The zero-order chi connectivity index (χ0) is 14.1. The molecule has 6 nitrogen and oxygen atoms in total. The van der Waals surface area contributed by atoms with Crippen LogP contribution in [0.3, 0.4) is 0 Å². The van der Waals surface area contributed by atoms with Gasteiger partial charge < -0.3 is 24.8 Å². The van der Waals surface area contributed by atoms with Crippen LogP contribution in [-0.4, -0.2) is 46.6 Å². The van der Waals surface area contributed by atoms with Crippen molar-refractivity contribution in [1.29, 1.82) is 0 Å². The predicted octanol–water partition coefficient (Wildman–Crippen LogP) is 0.842. The lowest BCUT2D eigenvalue weighted by Crippen LogP contribution is -2.25. The van der Waals surface area contributed by atoms with E-state index in [0.717, 1.165) is 5.69 Å². The summed E-state index contributed by atoms with van der Waals surface area (Å²) in [6.07, 6.45) is -0.310. The Morgan fingerprint density at radius 3 is 2.68 bits per heavy atom. The standard InChI is InChI=1S/C13H20N2O4/c1-14-12(16)9-19-11-6-4-5-10(7-11)15-8-13(17-2)18-3/h4-7,13,15H,8-9H2,1-3H3,(H,14,16). The number of anilines is 1. The van der Waals surface area contributed by atoms with E-state index in [2.05, 4.69) is 10.6 Å². The maximum atomic E-state index is 11.1. The Labute approximate surface area is 113 Å². The van der Waals surface area contributed by atoms with Crippen molar-refractivity contribution in [2.45, 2.75) is 6.29 Å². The minimum atomic E-state index is -0.310. The Kier molecular flexibility index (Phi) is 6.70. The molecule has 0 fully saturated rings. The van der Waals surface area contributed by atoms with Crippen molar-refractivity contribution in [2.75, 3.05) is 39.7 Å². The number of nitrogens with one attached hydrogen (secondary N) is 2. The van der Waals surface area contributed by atoms with Crippen LogP contribution in [-0.2, 0) is 14.3 Å². The number of carbonyl (C=O) groups is 1. The summed E-state index contributed by atoms with van der Waals surface area (Å²) in [5, 5.41) is 5.65. The summed E-state index contributed by atoms with van der Waals surface area (Å²) >= 11 is 0. The van der Waals surface area contributed by atoms with E-state index in [1.165, 1.54) is 0 Å². The summed E-state index contributed by atoms with van der Waals surface area (Å²) in [6, 6.07) is 7.34. The Morgan fingerprint density at radius 1 is 1.32 bits per heavy atom. The zero-order valence-corrected chi connectivity index (χ0v) is 11.4. The van der Waals surface area contributed by atoms with Gasteiger partial charge in [-0.3, -0.25) is 4.79 Å². The van der Waals surface area contributed by atoms with Crippen LogP contribution >= 0.6 is 0 Å². The van der Waals surface area contributed by atoms with Crippen molar-refractivity contribution in [3.05, 3.63) is 24.3 Å². The number of benzene rings is 1. The molecule has 1 aromatic rings. The van der Waals surface area contributed by atoms with Gasteiger partial charge in [0.05, 0.1) is 6.54 Å². The molecule has 1 aromatic carbocycles. The number of ether oxygens (including phenoxy) is 3. The minimum Gasteiger partial charge on any atom is -0.484 e. The highest BCUT2D eigenvalue weighted by Crippen LogP contribution is 2.17. The second-order valence-corrected chi connectivity index (χ2v) is 3.77. The fraction of sp³-hybridized carbons (Fsp3) is 0.462. The molecule has 0 radical (unpaired) electrons. The summed E-state index contributed by atoms with van der Waals surface area (Å²) in [5.74, 6) is 0.456. The predicted molar refractivity (Wildman–Crippen MR) is 72.3 cm³/mol. The Morgan fingerprint density at radius 2 is 2.05 bits per heavy atom. The molecular formula is C13H20N2O4. The van der Waals surface area contributed by atoms with Crippen LogP contribution in [0.25, 0.3) is 0 Å². The van der Waals surface area contributed by atoms with Gasteiger partial charge in [-0.15, -0.1) is 0 Å². The normalized spacial score (nSPS) is 10.3. The van der Waals surface area contributed by atoms with E-state index in [4.69, 9.17) is 14.2 Å². The number of rotatable bonds is 8. The molecule has 1 amide bonds. The molecule has 1 rings (SSSR count). The van der Waals surface area contributed by atoms with Crippen molar-refractivity contribution in [3.8, 4) is 5.75 Å². The maximum absolute atomic E-state index is 11.1. The Hall–Kier alpha value is -1.79. The van der Waals surface area contributed by atoms with E-state index in [1.807, 2.05) is 18.2 Å². The Bertz CT molecular complexity index is 394. The maximum Gasteiger partial charge on any atom is 0.257 e. The van der Waals surface area contributed by atoms with Gasteiger partial charge in [-0.2, -0.15) is 0 Å².